The van der Waals surface area contributed by atoms with Crippen LogP contribution in [0.3, 0.4) is 0 Å². The molecular weight excluding hydrogens is 281 g/mol. The second-order valence-electron chi connectivity index (χ2n) is 4.85. The minimum Gasteiger partial charge on any atom is -0.370 e. The van der Waals surface area contributed by atoms with Gasteiger partial charge in [-0.1, -0.05) is 13.8 Å². The average Bonchev–Trinajstić information content (AvgIpc) is 2.43. The van der Waals surface area contributed by atoms with Crippen LogP contribution in [0.1, 0.15) is 38.6 Å². The van der Waals surface area contributed by atoms with E-state index in [1.54, 1.807) is 13.8 Å². The molecule has 120 valence electrons. The number of hydrogen-bond donors (Lipinski definition) is 1. The Bertz CT molecular complexity index is 460. The van der Waals surface area contributed by atoms with E-state index in [1.165, 1.54) is 4.90 Å². The molecule has 4 nitrogen and oxygen atoms in total. The first-order valence-corrected chi connectivity index (χ1v) is 7.25. The van der Waals surface area contributed by atoms with E-state index in [4.69, 9.17) is 0 Å². The van der Waals surface area contributed by atoms with Gasteiger partial charge in [0.25, 0.3) is 0 Å². The summed E-state index contributed by atoms with van der Waals surface area (Å²) in [6.07, 6.45) is -2.76. The van der Waals surface area contributed by atoms with Crippen LogP contribution < -0.4 is 10.2 Å². The lowest BCUT2D eigenvalue weighted by Gasteiger charge is -2.26. The van der Waals surface area contributed by atoms with Gasteiger partial charge in [0.05, 0.1) is 0 Å². The molecule has 0 radical (unpaired) electrons. The van der Waals surface area contributed by atoms with E-state index in [0.29, 0.717) is 29.4 Å². The molecule has 0 aliphatic heterocycles. The summed E-state index contributed by atoms with van der Waals surface area (Å²) in [5.41, 5.74) is 0.659. The van der Waals surface area contributed by atoms with E-state index in [2.05, 4.69) is 15.3 Å². The summed E-state index contributed by atoms with van der Waals surface area (Å²) in [5.74, 6) is 1.54. The maximum atomic E-state index is 12.7. The van der Waals surface area contributed by atoms with Crippen molar-refractivity contribution < 1.29 is 13.2 Å². The van der Waals surface area contributed by atoms with Crippen molar-refractivity contribution in [2.75, 3.05) is 29.9 Å². The predicted octanol–water partition coefficient (Wildman–Crippen LogP) is 3.56. The highest BCUT2D eigenvalue weighted by Crippen LogP contribution is 2.27. The third-order valence-corrected chi connectivity index (χ3v) is 3.08. The first-order valence-electron chi connectivity index (χ1n) is 7.25. The maximum absolute atomic E-state index is 12.7. The number of aromatic nitrogens is 2. The molecule has 0 atom stereocenters. The number of rotatable bonds is 7. The van der Waals surface area contributed by atoms with Gasteiger partial charge in [0.1, 0.15) is 24.0 Å². The van der Waals surface area contributed by atoms with Crippen molar-refractivity contribution >= 4 is 11.6 Å². The molecule has 0 saturated heterocycles. The molecule has 0 aromatic carbocycles. The molecule has 0 aliphatic carbocycles. The monoisotopic (exact) mass is 304 g/mol. The highest BCUT2D eigenvalue weighted by atomic mass is 19.4. The summed E-state index contributed by atoms with van der Waals surface area (Å²) in [4.78, 5) is 9.90. The van der Waals surface area contributed by atoms with Crippen molar-refractivity contribution in [3.05, 3.63) is 11.4 Å². The maximum Gasteiger partial charge on any atom is 0.405 e. The molecule has 0 fully saturated rings. The smallest absolute Gasteiger partial charge is 0.370 e. The Kier molecular flexibility index (Phi) is 6.23. The lowest BCUT2D eigenvalue weighted by Crippen LogP contribution is -2.35. The van der Waals surface area contributed by atoms with Crippen LogP contribution >= 0.6 is 0 Å². The molecule has 0 aliphatic rings. The zero-order valence-electron chi connectivity index (χ0n) is 13.0. The Morgan fingerprint density at radius 2 is 1.81 bits per heavy atom. The molecule has 1 heterocycles. The number of hydrogen-bond acceptors (Lipinski definition) is 4. The molecule has 1 aromatic heterocycles. The number of anilines is 2. The number of aryl methyl sites for hydroxylation is 1. The van der Waals surface area contributed by atoms with Gasteiger partial charge in [0.15, 0.2) is 0 Å². The van der Waals surface area contributed by atoms with Gasteiger partial charge in [-0.05, 0) is 20.3 Å². The van der Waals surface area contributed by atoms with Gasteiger partial charge in [-0.2, -0.15) is 13.2 Å². The van der Waals surface area contributed by atoms with Gasteiger partial charge in [-0.3, -0.25) is 0 Å². The Morgan fingerprint density at radius 3 is 2.29 bits per heavy atom. The van der Waals surface area contributed by atoms with Crippen molar-refractivity contribution in [1.29, 1.82) is 0 Å². The molecule has 21 heavy (non-hydrogen) atoms. The largest absolute Gasteiger partial charge is 0.405 e. The van der Waals surface area contributed by atoms with E-state index < -0.39 is 12.7 Å². The lowest BCUT2D eigenvalue weighted by molar-refractivity contribution is -0.119. The van der Waals surface area contributed by atoms with Gasteiger partial charge in [0.2, 0.25) is 0 Å². The summed E-state index contributed by atoms with van der Waals surface area (Å²) in [6.45, 7) is 7.33. The molecule has 0 saturated carbocycles. The summed E-state index contributed by atoms with van der Waals surface area (Å²) < 4.78 is 38.1. The topological polar surface area (TPSA) is 41.1 Å². The van der Waals surface area contributed by atoms with Gasteiger partial charge < -0.3 is 10.2 Å². The average molecular weight is 304 g/mol. The van der Waals surface area contributed by atoms with E-state index in [9.17, 15) is 13.2 Å². The Morgan fingerprint density at radius 1 is 1.14 bits per heavy atom. The summed E-state index contributed by atoms with van der Waals surface area (Å²) in [7, 11) is 0. The van der Waals surface area contributed by atoms with Crippen molar-refractivity contribution in [3.63, 3.8) is 0 Å². The van der Waals surface area contributed by atoms with E-state index in [0.717, 1.165) is 13.0 Å². The number of nitrogens with one attached hydrogen (secondary N) is 1. The fourth-order valence-corrected chi connectivity index (χ4v) is 1.98. The van der Waals surface area contributed by atoms with E-state index in [1.807, 2.05) is 13.8 Å². The first-order chi connectivity index (χ1) is 9.82. The fourth-order valence-electron chi connectivity index (χ4n) is 1.98. The van der Waals surface area contributed by atoms with Crippen LogP contribution in [0.2, 0.25) is 0 Å². The van der Waals surface area contributed by atoms with Crippen LogP contribution in [0, 0.1) is 6.92 Å². The Labute approximate surface area is 123 Å². The quantitative estimate of drug-likeness (QED) is 0.836. The van der Waals surface area contributed by atoms with Crippen molar-refractivity contribution in [1.82, 2.24) is 9.97 Å². The van der Waals surface area contributed by atoms with Gasteiger partial charge in [-0.25, -0.2) is 9.97 Å². The van der Waals surface area contributed by atoms with Gasteiger partial charge in [-0.15, -0.1) is 0 Å². The van der Waals surface area contributed by atoms with Crippen molar-refractivity contribution in [2.24, 2.45) is 0 Å². The second kappa shape index (κ2) is 7.47. The number of nitrogens with zero attached hydrogens (tertiary/aromatic N) is 3. The van der Waals surface area contributed by atoms with Gasteiger partial charge in [0, 0.05) is 25.1 Å². The van der Waals surface area contributed by atoms with Crippen LogP contribution in [0.5, 0.6) is 0 Å². The zero-order valence-corrected chi connectivity index (χ0v) is 13.0. The van der Waals surface area contributed by atoms with Crippen LogP contribution in [-0.4, -0.2) is 35.8 Å². The normalized spacial score (nSPS) is 11.6. The molecule has 7 heteroatoms. The van der Waals surface area contributed by atoms with Gasteiger partial charge >= 0.3 is 6.18 Å². The standard InChI is InChI=1S/C14H23F3N4/c1-5-8-18-12-10(4)13(20-11(6-2)19-12)21(7-3)9-14(15,16)17/h5-9H2,1-4H3,(H,18,19,20). The highest BCUT2D eigenvalue weighted by molar-refractivity contribution is 5.58. The summed E-state index contributed by atoms with van der Waals surface area (Å²) in [6, 6.07) is 0. The van der Waals surface area contributed by atoms with Crippen LogP contribution in [0.4, 0.5) is 24.8 Å². The molecular formula is C14H23F3N4. The highest BCUT2D eigenvalue weighted by Gasteiger charge is 2.31. The minimum atomic E-state index is -4.25. The summed E-state index contributed by atoms with van der Waals surface area (Å²) >= 11 is 0. The number of alkyl halides is 3. The first kappa shape index (κ1) is 17.5. The van der Waals surface area contributed by atoms with Crippen molar-refractivity contribution in [2.45, 2.75) is 46.7 Å². The molecule has 1 aromatic rings. The molecule has 0 bridgehead atoms. The lowest BCUT2D eigenvalue weighted by atomic mass is 10.2. The zero-order chi connectivity index (χ0) is 16.0. The molecule has 1 rings (SSSR count). The Balaban J connectivity index is 3.18. The Hall–Kier alpha value is -1.53. The number of halogens is 3. The second-order valence-corrected chi connectivity index (χ2v) is 4.85. The molecule has 1 N–H and O–H groups in total. The van der Waals surface area contributed by atoms with Crippen LogP contribution in [0.15, 0.2) is 0 Å². The van der Waals surface area contributed by atoms with Crippen molar-refractivity contribution in [3.8, 4) is 0 Å². The fraction of sp³-hybridized carbons (Fsp3) is 0.714. The molecule has 0 spiro atoms. The minimum absolute atomic E-state index is 0.244. The van der Waals surface area contributed by atoms with E-state index in [-0.39, 0.29) is 6.54 Å². The molecule has 0 unspecified atom stereocenters. The van der Waals surface area contributed by atoms with Crippen LogP contribution in [0.25, 0.3) is 0 Å². The third kappa shape index (κ3) is 5.06. The summed E-state index contributed by atoms with van der Waals surface area (Å²) in [5, 5.41) is 3.16. The SMILES string of the molecule is CCCNc1nc(CC)nc(N(CC)CC(F)(F)F)c1C. The van der Waals surface area contributed by atoms with Crippen LogP contribution in [-0.2, 0) is 6.42 Å². The predicted molar refractivity (Wildman–Crippen MR) is 78.9 cm³/mol. The molecule has 0 amide bonds. The third-order valence-electron chi connectivity index (χ3n) is 3.08. The van der Waals surface area contributed by atoms with E-state index >= 15 is 0 Å².